The minimum Gasteiger partial charge on any atom is -0.364 e. The summed E-state index contributed by atoms with van der Waals surface area (Å²) in [5, 5.41) is 3.28. The van der Waals surface area contributed by atoms with Crippen molar-refractivity contribution < 1.29 is 0 Å². The van der Waals surface area contributed by atoms with Crippen molar-refractivity contribution in [1.29, 1.82) is 0 Å². The van der Waals surface area contributed by atoms with Crippen LogP contribution < -0.4 is 5.32 Å². The smallest absolute Gasteiger partial charge is 0.00765 e. The molecule has 0 fully saturated rings. The highest BCUT2D eigenvalue weighted by atomic mass is 14.9. The van der Waals surface area contributed by atoms with Crippen molar-refractivity contribution in [2.24, 2.45) is 17.3 Å². The van der Waals surface area contributed by atoms with Crippen LogP contribution in [0.5, 0.6) is 0 Å². The summed E-state index contributed by atoms with van der Waals surface area (Å²) in [6.07, 6.45) is 18.4. The highest BCUT2D eigenvalue weighted by Gasteiger charge is 2.24. The lowest BCUT2D eigenvalue weighted by Crippen LogP contribution is -2.20. The Morgan fingerprint density at radius 2 is 1.89 bits per heavy atom. The van der Waals surface area contributed by atoms with E-state index in [0.29, 0.717) is 11.8 Å². The summed E-state index contributed by atoms with van der Waals surface area (Å²) < 4.78 is 0. The van der Waals surface area contributed by atoms with E-state index in [2.05, 4.69) is 95.3 Å². The minimum absolute atomic E-state index is 0.0863. The van der Waals surface area contributed by atoms with E-state index in [4.69, 9.17) is 0 Å². The average Bonchev–Trinajstić information content (AvgIpc) is 2.59. The largest absolute Gasteiger partial charge is 0.364 e. The van der Waals surface area contributed by atoms with Crippen LogP contribution in [0.1, 0.15) is 67.7 Å². The normalized spacial score (nSPS) is 15.1. The first kappa shape index (κ1) is 25.0. The third-order valence-electron chi connectivity index (χ3n) is 4.84. The number of hydrogen-bond donors (Lipinski definition) is 1. The monoisotopic (exact) mass is 367 g/mol. The van der Waals surface area contributed by atoms with Crippen LogP contribution in [0, 0.1) is 17.3 Å². The molecule has 2 atom stereocenters. The quantitative estimate of drug-likeness (QED) is 0.210. The van der Waals surface area contributed by atoms with Gasteiger partial charge in [0.05, 0.1) is 0 Å². The van der Waals surface area contributed by atoms with E-state index < -0.39 is 0 Å². The van der Waals surface area contributed by atoms with Gasteiger partial charge in [0.1, 0.15) is 0 Å². The zero-order valence-corrected chi connectivity index (χ0v) is 18.7. The molecule has 150 valence electrons. The Morgan fingerprint density at radius 3 is 2.37 bits per heavy atom. The van der Waals surface area contributed by atoms with E-state index in [1.54, 1.807) is 0 Å². The van der Waals surface area contributed by atoms with Gasteiger partial charge in [0.2, 0.25) is 0 Å². The highest BCUT2D eigenvalue weighted by Crippen LogP contribution is 2.35. The molecular weight excluding hydrogens is 326 g/mol. The number of allylic oxidation sites excluding steroid dienone is 9. The standard InChI is InChI=1S/C26H41N/c1-10-14-15-24(20-25(13-4)26(8,9)18-11-2)19-23(12-3)17-16-22(7)27-21(5)6/h10-11,13,15-16,18-19,23,25,27H,4-5,12,17,20H2,1-3,6-9H3/b18-11-,22-16+,24-19?. The molecule has 1 N–H and O–H groups in total. The molecule has 0 aromatic rings. The molecule has 0 spiro atoms. The van der Waals surface area contributed by atoms with Gasteiger partial charge in [-0.25, -0.2) is 0 Å². The Morgan fingerprint density at radius 1 is 1.22 bits per heavy atom. The fourth-order valence-electron chi connectivity index (χ4n) is 3.19. The number of rotatable bonds is 12. The average molecular weight is 368 g/mol. The van der Waals surface area contributed by atoms with Crippen LogP contribution in [0.3, 0.4) is 0 Å². The van der Waals surface area contributed by atoms with E-state index in [0.717, 1.165) is 30.7 Å². The topological polar surface area (TPSA) is 12.0 Å². The van der Waals surface area contributed by atoms with Gasteiger partial charge >= 0.3 is 0 Å². The van der Waals surface area contributed by atoms with Gasteiger partial charge in [-0.15, -0.1) is 12.3 Å². The zero-order chi connectivity index (χ0) is 20.9. The van der Waals surface area contributed by atoms with Gasteiger partial charge in [-0.3, -0.25) is 0 Å². The number of hydrogen-bond acceptors (Lipinski definition) is 1. The van der Waals surface area contributed by atoms with E-state index in [9.17, 15) is 0 Å². The first-order chi connectivity index (χ1) is 12.7. The molecule has 0 aliphatic rings. The summed E-state index contributed by atoms with van der Waals surface area (Å²) in [6.45, 7) is 23.0. The SMILES string of the molecule is C=CC(CC(C=C=CC)=CC(CC)C/C=C(\C)NC(=C)C)C(C)(C)/C=C\C. The van der Waals surface area contributed by atoms with Gasteiger partial charge in [0.25, 0.3) is 0 Å². The van der Waals surface area contributed by atoms with Crippen LogP contribution in [-0.4, -0.2) is 0 Å². The van der Waals surface area contributed by atoms with E-state index in [1.807, 2.05) is 19.9 Å². The Balaban J connectivity index is 5.54. The molecule has 0 heterocycles. The molecule has 0 aromatic carbocycles. The van der Waals surface area contributed by atoms with Gasteiger partial charge in [-0.1, -0.05) is 57.7 Å². The molecule has 0 aromatic heterocycles. The molecule has 0 rings (SSSR count). The predicted molar refractivity (Wildman–Crippen MR) is 123 cm³/mol. The molecule has 0 radical (unpaired) electrons. The zero-order valence-electron chi connectivity index (χ0n) is 18.7. The first-order valence-corrected chi connectivity index (χ1v) is 10.1. The lowest BCUT2D eigenvalue weighted by molar-refractivity contribution is 0.341. The molecule has 0 aliphatic carbocycles. The summed E-state index contributed by atoms with van der Waals surface area (Å²) >= 11 is 0. The molecule has 0 bridgehead atoms. The second-order valence-corrected chi connectivity index (χ2v) is 7.91. The Labute approximate surface area is 169 Å². The summed E-state index contributed by atoms with van der Waals surface area (Å²) in [6, 6.07) is 0. The molecule has 0 aliphatic heterocycles. The lowest BCUT2D eigenvalue weighted by Gasteiger charge is -2.30. The van der Waals surface area contributed by atoms with Crippen molar-refractivity contribution in [3.63, 3.8) is 0 Å². The third-order valence-corrected chi connectivity index (χ3v) is 4.84. The van der Waals surface area contributed by atoms with Crippen LogP contribution >= 0.6 is 0 Å². The molecule has 1 heteroatoms. The third kappa shape index (κ3) is 10.7. The summed E-state index contributed by atoms with van der Waals surface area (Å²) in [4.78, 5) is 0. The van der Waals surface area contributed by atoms with Crippen LogP contribution in [0.2, 0.25) is 0 Å². The van der Waals surface area contributed by atoms with Gasteiger partial charge in [0, 0.05) is 11.4 Å². The maximum Gasteiger partial charge on any atom is 0.00765 e. The van der Waals surface area contributed by atoms with Gasteiger partial charge in [-0.2, -0.15) is 0 Å². The summed E-state index contributed by atoms with van der Waals surface area (Å²) in [5.41, 5.74) is 6.83. The molecule has 2 unspecified atom stereocenters. The van der Waals surface area contributed by atoms with Gasteiger partial charge in [-0.05, 0) is 81.9 Å². The Hall–Kier alpha value is -1.98. The van der Waals surface area contributed by atoms with Crippen molar-refractivity contribution in [3.8, 4) is 0 Å². The fraction of sp³-hybridized carbons (Fsp3) is 0.500. The summed E-state index contributed by atoms with van der Waals surface area (Å²) in [7, 11) is 0. The Kier molecular flexibility index (Phi) is 12.3. The molecular formula is C26H41N. The minimum atomic E-state index is 0.0863. The highest BCUT2D eigenvalue weighted by molar-refractivity contribution is 5.23. The molecule has 0 amide bonds. The van der Waals surface area contributed by atoms with E-state index in [-0.39, 0.29) is 5.41 Å². The first-order valence-electron chi connectivity index (χ1n) is 10.1. The van der Waals surface area contributed by atoms with Crippen molar-refractivity contribution in [3.05, 3.63) is 78.4 Å². The van der Waals surface area contributed by atoms with E-state index >= 15 is 0 Å². The van der Waals surface area contributed by atoms with Crippen molar-refractivity contribution >= 4 is 0 Å². The second-order valence-electron chi connectivity index (χ2n) is 7.91. The summed E-state index contributed by atoms with van der Waals surface area (Å²) in [5.74, 6) is 0.891. The lowest BCUT2D eigenvalue weighted by atomic mass is 9.75. The predicted octanol–water partition coefficient (Wildman–Crippen LogP) is 7.88. The van der Waals surface area contributed by atoms with Crippen LogP contribution in [0.4, 0.5) is 0 Å². The van der Waals surface area contributed by atoms with Crippen molar-refractivity contribution in [2.45, 2.75) is 67.7 Å². The number of nitrogens with one attached hydrogen (secondary N) is 1. The van der Waals surface area contributed by atoms with Crippen molar-refractivity contribution in [1.82, 2.24) is 5.32 Å². The molecule has 0 saturated carbocycles. The van der Waals surface area contributed by atoms with E-state index in [1.165, 1.54) is 5.57 Å². The second kappa shape index (κ2) is 13.2. The van der Waals surface area contributed by atoms with Crippen LogP contribution in [0.25, 0.3) is 0 Å². The van der Waals surface area contributed by atoms with Gasteiger partial charge in [0.15, 0.2) is 0 Å². The maximum atomic E-state index is 4.10. The molecule has 1 nitrogen and oxygen atoms in total. The van der Waals surface area contributed by atoms with Crippen LogP contribution in [-0.2, 0) is 0 Å². The molecule has 27 heavy (non-hydrogen) atoms. The van der Waals surface area contributed by atoms with Crippen LogP contribution in [0.15, 0.2) is 78.4 Å². The van der Waals surface area contributed by atoms with Crippen molar-refractivity contribution in [2.75, 3.05) is 0 Å². The Bertz CT molecular complexity index is 619. The maximum absolute atomic E-state index is 4.10. The van der Waals surface area contributed by atoms with Gasteiger partial charge < -0.3 is 5.32 Å². The molecule has 0 saturated heterocycles. The fourth-order valence-corrected chi connectivity index (χ4v) is 3.19.